The van der Waals surface area contributed by atoms with E-state index in [-0.39, 0.29) is 11.7 Å². The molecule has 0 unspecified atom stereocenters. The number of thioether (sulfide) groups is 1. The molecule has 1 N–H and O–H groups in total. The number of carbonyl (C=O) groups is 2. The van der Waals surface area contributed by atoms with Gasteiger partial charge in [0, 0.05) is 23.0 Å². The Balaban J connectivity index is 1.79. The monoisotopic (exact) mass is 436 g/mol. The van der Waals surface area contributed by atoms with Gasteiger partial charge in [-0.2, -0.15) is 0 Å². The molecule has 1 amide bonds. The highest BCUT2D eigenvalue weighted by Gasteiger charge is 2.22. The van der Waals surface area contributed by atoms with Crippen molar-refractivity contribution in [1.82, 2.24) is 14.8 Å². The van der Waals surface area contributed by atoms with E-state index in [1.807, 2.05) is 36.1 Å². The highest BCUT2D eigenvalue weighted by Crippen LogP contribution is 2.36. The van der Waals surface area contributed by atoms with E-state index in [4.69, 9.17) is 16.3 Å². The Morgan fingerprint density at radius 1 is 1.29 bits per heavy atom. The van der Waals surface area contributed by atoms with Crippen LogP contribution < -0.4 is 5.32 Å². The normalized spacial score (nSPS) is 10.7. The molecule has 0 saturated carbocycles. The lowest BCUT2D eigenvalue weighted by molar-refractivity contribution is -0.113. The van der Waals surface area contributed by atoms with Crippen LogP contribution in [0.25, 0.3) is 11.1 Å². The van der Waals surface area contributed by atoms with Crippen LogP contribution in [0.4, 0.5) is 5.00 Å². The number of anilines is 1. The first-order valence-corrected chi connectivity index (χ1v) is 10.4. The number of methoxy groups -OCH3 is 1. The summed E-state index contributed by atoms with van der Waals surface area (Å²) in [5.41, 5.74) is 1.81. The predicted octanol–water partition coefficient (Wildman–Crippen LogP) is 4.02. The third-order valence-corrected chi connectivity index (χ3v) is 6.14. The Bertz CT molecular complexity index is 1010. The molecule has 0 aliphatic carbocycles. The second kappa shape index (κ2) is 8.76. The molecule has 10 heteroatoms. The van der Waals surface area contributed by atoms with E-state index in [0.717, 1.165) is 11.4 Å². The van der Waals surface area contributed by atoms with Gasteiger partial charge in [0.15, 0.2) is 5.16 Å². The molecule has 0 fully saturated rings. The van der Waals surface area contributed by atoms with Gasteiger partial charge in [-0.05, 0) is 24.6 Å². The molecule has 146 valence electrons. The van der Waals surface area contributed by atoms with Crippen LogP contribution in [0.15, 0.2) is 34.8 Å². The molecule has 3 rings (SSSR count). The van der Waals surface area contributed by atoms with Crippen molar-refractivity contribution >= 4 is 51.6 Å². The van der Waals surface area contributed by atoms with Gasteiger partial charge < -0.3 is 14.6 Å². The molecule has 0 spiro atoms. The summed E-state index contributed by atoms with van der Waals surface area (Å²) in [6.45, 7) is 1.84. The predicted molar refractivity (Wildman–Crippen MR) is 111 cm³/mol. The van der Waals surface area contributed by atoms with Crippen molar-refractivity contribution in [2.24, 2.45) is 7.05 Å². The molecule has 7 nitrogen and oxygen atoms in total. The summed E-state index contributed by atoms with van der Waals surface area (Å²) in [7, 11) is 3.14. The van der Waals surface area contributed by atoms with E-state index in [1.54, 1.807) is 12.1 Å². The van der Waals surface area contributed by atoms with Crippen LogP contribution in [0.3, 0.4) is 0 Å². The van der Waals surface area contributed by atoms with E-state index in [2.05, 4.69) is 15.5 Å². The number of hydrogen-bond acceptors (Lipinski definition) is 7. The highest BCUT2D eigenvalue weighted by molar-refractivity contribution is 7.99. The topological polar surface area (TPSA) is 86.1 Å². The molecule has 0 atom stereocenters. The second-order valence-corrected chi connectivity index (χ2v) is 8.04. The van der Waals surface area contributed by atoms with Crippen molar-refractivity contribution in [2.45, 2.75) is 12.1 Å². The molecule has 2 aromatic heterocycles. The number of rotatable bonds is 6. The molecule has 0 saturated heterocycles. The summed E-state index contributed by atoms with van der Waals surface area (Å²) < 4.78 is 6.72. The van der Waals surface area contributed by atoms with Crippen molar-refractivity contribution in [1.29, 1.82) is 0 Å². The number of ether oxygens (including phenoxy) is 1. The first kappa shape index (κ1) is 20.4. The molecular weight excluding hydrogens is 420 g/mol. The number of carbonyl (C=O) groups excluding carboxylic acids is 2. The van der Waals surface area contributed by atoms with Gasteiger partial charge in [0.25, 0.3) is 0 Å². The van der Waals surface area contributed by atoms with Gasteiger partial charge in [-0.1, -0.05) is 35.5 Å². The fraction of sp³-hybridized carbons (Fsp3) is 0.222. The summed E-state index contributed by atoms with van der Waals surface area (Å²) in [6, 6.07) is 7.12. The van der Waals surface area contributed by atoms with Crippen molar-refractivity contribution in [2.75, 3.05) is 18.2 Å². The van der Waals surface area contributed by atoms with E-state index in [9.17, 15) is 9.59 Å². The quantitative estimate of drug-likeness (QED) is 0.464. The third-order valence-electron chi connectivity index (χ3n) is 3.97. The minimum Gasteiger partial charge on any atom is -0.465 e. The van der Waals surface area contributed by atoms with Gasteiger partial charge in [-0.25, -0.2) is 4.79 Å². The lowest BCUT2D eigenvalue weighted by Crippen LogP contribution is -2.16. The average Bonchev–Trinajstić information content (AvgIpc) is 3.24. The Morgan fingerprint density at radius 2 is 2.00 bits per heavy atom. The number of halogens is 1. The van der Waals surface area contributed by atoms with E-state index >= 15 is 0 Å². The van der Waals surface area contributed by atoms with Gasteiger partial charge in [-0.3, -0.25) is 4.79 Å². The lowest BCUT2D eigenvalue weighted by atomic mass is 10.0. The van der Waals surface area contributed by atoms with Crippen molar-refractivity contribution in [3.63, 3.8) is 0 Å². The average molecular weight is 437 g/mol. The lowest BCUT2D eigenvalue weighted by Gasteiger charge is -2.08. The van der Waals surface area contributed by atoms with Crippen LogP contribution in [0, 0.1) is 6.92 Å². The number of hydrogen-bond donors (Lipinski definition) is 1. The van der Waals surface area contributed by atoms with Crippen LogP contribution in [0.2, 0.25) is 5.02 Å². The molecule has 2 heterocycles. The minimum atomic E-state index is -0.516. The largest absolute Gasteiger partial charge is 0.465 e. The number of benzene rings is 1. The van der Waals surface area contributed by atoms with E-state index in [1.165, 1.54) is 30.2 Å². The molecule has 0 bridgehead atoms. The van der Waals surface area contributed by atoms with Crippen molar-refractivity contribution in [3.05, 3.63) is 46.1 Å². The minimum absolute atomic E-state index is 0.140. The summed E-state index contributed by atoms with van der Waals surface area (Å²) >= 11 is 8.48. The first-order valence-electron chi connectivity index (χ1n) is 8.15. The van der Waals surface area contributed by atoms with Crippen LogP contribution in [-0.4, -0.2) is 39.5 Å². The smallest absolute Gasteiger partial charge is 0.341 e. The van der Waals surface area contributed by atoms with E-state index < -0.39 is 5.97 Å². The number of nitrogens with one attached hydrogen (secondary N) is 1. The number of esters is 1. The number of aromatic nitrogens is 3. The van der Waals surface area contributed by atoms with Gasteiger partial charge in [0.05, 0.1) is 12.9 Å². The zero-order valence-electron chi connectivity index (χ0n) is 15.4. The van der Waals surface area contributed by atoms with Crippen LogP contribution in [-0.2, 0) is 16.6 Å². The molecule has 0 aliphatic heterocycles. The fourth-order valence-electron chi connectivity index (χ4n) is 2.40. The number of nitrogens with zero attached hydrogens (tertiary/aromatic N) is 3. The van der Waals surface area contributed by atoms with E-state index in [0.29, 0.717) is 26.3 Å². The molecule has 28 heavy (non-hydrogen) atoms. The van der Waals surface area contributed by atoms with Crippen molar-refractivity contribution < 1.29 is 14.3 Å². The van der Waals surface area contributed by atoms with Gasteiger partial charge in [-0.15, -0.1) is 21.5 Å². The fourth-order valence-corrected chi connectivity index (χ4v) is 4.26. The summed E-state index contributed by atoms with van der Waals surface area (Å²) in [5.74, 6) is 0.140. The van der Waals surface area contributed by atoms with Gasteiger partial charge in [0.2, 0.25) is 5.91 Å². The summed E-state index contributed by atoms with van der Waals surface area (Å²) in [4.78, 5) is 24.8. The maximum absolute atomic E-state index is 12.4. The Hall–Kier alpha value is -2.36. The SMILES string of the molecule is COC(=O)c1c(-c2ccc(Cl)cc2)csc1NC(=O)CSc1nnc(C)n1C. The Kier molecular flexibility index (Phi) is 6.38. The van der Waals surface area contributed by atoms with Crippen LogP contribution in [0.5, 0.6) is 0 Å². The molecule has 1 aromatic carbocycles. The summed E-state index contributed by atoms with van der Waals surface area (Å²) in [5, 5.41) is 14.3. The maximum atomic E-state index is 12.4. The third kappa shape index (κ3) is 4.37. The van der Waals surface area contributed by atoms with Crippen molar-refractivity contribution in [3.8, 4) is 11.1 Å². The zero-order chi connectivity index (χ0) is 20.3. The molecular formula is C18H17ClN4O3S2. The van der Waals surface area contributed by atoms with Gasteiger partial charge >= 0.3 is 5.97 Å². The zero-order valence-corrected chi connectivity index (χ0v) is 17.7. The molecule has 0 aliphatic rings. The Labute approximate surface area is 175 Å². The second-order valence-electron chi connectivity index (χ2n) is 5.78. The van der Waals surface area contributed by atoms with Gasteiger partial charge in [0.1, 0.15) is 16.4 Å². The van der Waals surface area contributed by atoms with Crippen LogP contribution >= 0.6 is 34.7 Å². The standard InChI is InChI=1S/C18H17ClN4O3S2/c1-10-21-22-18(23(10)2)28-9-14(24)20-16-15(17(25)26-3)13(8-27-16)11-4-6-12(19)7-5-11/h4-8H,9H2,1-3H3,(H,20,24). The highest BCUT2D eigenvalue weighted by atomic mass is 35.5. The molecule has 3 aromatic rings. The Morgan fingerprint density at radius 3 is 2.61 bits per heavy atom. The number of amides is 1. The maximum Gasteiger partial charge on any atom is 0.341 e. The number of thiophene rings is 1. The number of aryl methyl sites for hydroxylation is 1. The summed E-state index contributed by atoms with van der Waals surface area (Å²) in [6.07, 6.45) is 0. The van der Waals surface area contributed by atoms with Crippen LogP contribution in [0.1, 0.15) is 16.2 Å². The first-order chi connectivity index (χ1) is 13.4. The molecule has 0 radical (unpaired) electrons.